The molecule has 0 saturated carbocycles. The largest absolute Gasteiger partial charge is 0.489 e. The summed E-state index contributed by atoms with van der Waals surface area (Å²) in [5.41, 5.74) is 0.808. The molecule has 0 unspecified atom stereocenters. The van der Waals surface area contributed by atoms with Gasteiger partial charge < -0.3 is 14.8 Å². The summed E-state index contributed by atoms with van der Waals surface area (Å²) in [6.07, 6.45) is 1.77. The van der Waals surface area contributed by atoms with Gasteiger partial charge in [0.15, 0.2) is 0 Å². The van der Waals surface area contributed by atoms with Crippen LogP contribution in [0.15, 0.2) is 53.4 Å². The molecular weight excluding hydrogens is 378 g/mol. The fraction of sp³-hybridized carbons (Fsp3) is 0.111. The maximum atomic E-state index is 11.8. The molecule has 1 fully saturated rings. The molecule has 1 amide bonds. The molecule has 0 aliphatic carbocycles. The SMILES string of the molecule is O=C1NC(=S)S/C1=C\c1ccccc1OCCOc1ccccc1Cl. The third-order valence-electron chi connectivity index (χ3n) is 3.28. The second-order valence-corrected chi connectivity index (χ2v) is 7.14. The number of amides is 1. The van der Waals surface area contributed by atoms with E-state index in [2.05, 4.69) is 5.32 Å². The minimum Gasteiger partial charge on any atom is -0.489 e. The number of thioether (sulfide) groups is 1. The predicted octanol–water partition coefficient (Wildman–Crippen LogP) is 4.29. The van der Waals surface area contributed by atoms with Crippen molar-refractivity contribution in [2.24, 2.45) is 0 Å². The molecule has 0 atom stereocenters. The van der Waals surface area contributed by atoms with Crippen molar-refractivity contribution in [1.82, 2.24) is 5.32 Å². The first-order valence-electron chi connectivity index (χ1n) is 7.47. The van der Waals surface area contributed by atoms with Crippen LogP contribution in [0.5, 0.6) is 11.5 Å². The normalized spacial score (nSPS) is 15.3. The van der Waals surface area contributed by atoms with Crippen LogP contribution in [-0.2, 0) is 4.79 Å². The van der Waals surface area contributed by atoms with Gasteiger partial charge in [-0.05, 0) is 24.3 Å². The van der Waals surface area contributed by atoms with Crippen molar-refractivity contribution in [2.75, 3.05) is 13.2 Å². The summed E-state index contributed by atoms with van der Waals surface area (Å²) in [4.78, 5) is 12.3. The molecule has 128 valence electrons. The first-order valence-corrected chi connectivity index (χ1v) is 9.08. The van der Waals surface area contributed by atoms with Crippen LogP contribution >= 0.6 is 35.6 Å². The number of thiocarbonyl (C=S) groups is 1. The van der Waals surface area contributed by atoms with Crippen LogP contribution in [0, 0.1) is 0 Å². The summed E-state index contributed by atoms with van der Waals surface area (Å²) in [6, 6.07) is 14.8. The summed E-state index contributed by atoms with van der Waals surface area (Å²) in [5, 5.41) is 3.16. The number of hydrogen-bond acceptors (Lipinski definition) is 5. The van der Waals surface area contributed by atoms with E-state index in [4.69, 9.17) is 33.3 Å². The molecule has 1 N–H and O–H groups in total. The monoisotopic (exact) mass is 391 g/mol. The summed E-state index contributed by atoms with van der Waals surface area (Å²) in [6.45, 7) is 0.705. The highest BCUT2D eigenvalue weighted by molar-refractivity contribution is 8.26. The Morgan fingerprint density at radius 3 is 2.36 bits per heavy atom. The molecular formula is C18H14ClNO3S2. The van der Waals surface area contributed by atoms with Crippen LogP contribution in [0.1, 0.15) is 5.56 Å². The van der Waals surface area contributed by atoms with Gasteiger partial charge in [-0.3, -0.25) is 4.79 Å². The van der Waals surface area contributed by atoms with Crippen molar-refractivity contribution < 1.29 is 14.3 Å². The Morgan fingerprint density at radius 1 is 1.04 bits per heavy atom. The van der Waals surface area contributed by atoms with Gasteiger partial charge in [0.2, 0.25) is 0 Å². The van der Waals surface area contributed by atoms with E-state index in [-0.39, 0.29) is 5.91 Å². The van der Waals surface area contributed by atoms with E-state index >= 15 is 0 Å². The lowest BCUT2D eigenvalue weighted by atomic mass is 10.2. The topological polar surface area (TPSA) is 47.6 Å². The number of carbonyl (C=O) groups is 1. The Bertz CT molecular complexity index is 839. The predicted molar refractivity (Wildman–Crippen MR) is 105 cm³/mol. The standard InChI is InChI=1S/C18H14ClNO3S2/c19-13-6-2-4-8-15(13)23-10-9-22-14-7-3-1-5-12(14)11-16-17(21)20-18(24)25-16/h1-8,11H,9-10H2,(H,20,21,24)/b16-11-. The van der Waals surface area contributed by atoms with Gasteiger partial charge in [-0.25, -0.2) is 0 Å². The van der Waals surface area contributed by atoms with Crippen molar-refractivity contribution in [3.8, 4) is 11.5 Å². The van der Waals surface area contributed by atoms with Gasteiger partial charge in [-0.2, -0.15) is 0 Å². The highest BCUT2D eigenvalue weighted by Gasteiger charge is 2.22. The lowest BCUT2D eigenvalue weighted by molar-refractivity contribution is -0.115. The van der Waals surface area contributed by atoms with Crippen LogP contribution < -0.4 is 14.8 Å². The van der Waals surface area contributed by atoms with Crippen LogP contribution in [0.2, 0.25) is 5.02 Å². The van der Waals surface area contributed by atoms with E-state index in [0.717, 1.165) is 5.56 Å². The molecule has 0 spiro atoms. The Labute approximate surface area is 160 Å². The van der Waals surface area contributed by atoms with Crippen molar-refractivity contribution >= 4 is 51.9 Å². The third kappa shape index (κ3) is 4.75. The van der Waals surface area contributed by atoms with Gasteiger partial charge in [-0.15, -0.1) is 0 Å². The number of benzene rings is 2. The lowest BCUT2D eigenvalue weighted by Gasteiger charge is -2.11. The smallest absolute Gasteiger partial charge is 0.263 e. The number of hydrogen-bond donors (Lipinski definition) is 1. The van der Waals surface area contributed by atoms with Crippen LogP contribution in [-0.4, -0.2) is 23.4 Å². The first kappa shape index (κ1) is 17.8. The van der Waals surface area contributed by atoms with Crippen molar-refractivity contribution in [1.29, 1.82) is 0 Å². The van der Waals surface area contributed by atoms with Crippen LogP contribution in [0.25, 0.3) is 6.08 Å². The average molecular weight is 392 g/mol. The number of ether oxygens (including phenoxy) is 2. The molecule has 1 aliphatic heterocycles. The lowest BCUT2D eigenvalue weighted by Crippen LogP contribution is -2.17. The van der Waals surface area contributed by atoms with Gasteiger partial charge in [0.05, 0.1) is 9.93 Å². The third-order valence-corrected chi connectivity index (χ3v) is 4.76. The zero-order valence-corrected chi connectivity index (χ0v) is 15.4. The quantitative estimate of drug-likeness (QED) is 0.452. The molecule has 0 radical (unpaired) electrons. The summed E-state index contributed by atoms with van der Waals surface area (Å²) < 4.78 is 11.9. The molecule has 4 nitrogen and oxygen atoms in total. The summed E-state index contributed by atoms with van der Waals surface area (Å²) in [5.74, 6) is 1.10. The Hall–Kier alpha value is -2.02. The van der Waals surface area contributed by atoms with Gasteiger partial charge in [0, 0.05) is 5.56 Å². The van der Waals surface area contributed by atoms with Crippen molar-refractivity contribution in [3.63, 3.8) is 0 Å². The summed E-state index contributed by atoms with van der Waals surface area (Å²) in [7, 11) is 0. The second kappa shape index (κ2) is 8.38. The van der Waals surface area contributed by atoms with Crippen LogP contribution in [0.4, 0.5) is 0 Å². The molecule has 1 heterocycles. The molecule has 0 aromatic heterocycles. The number of nitrogens with one attached hydrogen (secondary N) is 1. The minimum atomic E-state index is -0.188. The van der Waals surface area contributed by atoms with Gasteiger partial charge in [-0.1, -0.05) is 65.9 Å². The molecule has 3 rings (SSSR count). The van der Waals surface area contributed by atoms with Crippen molar-refractivity contribution in [3.05, 3.63) is 64.0 Å². The fourth-order valence-electron chi connectivity index (χ4n) is 2.16. The fourth-order valence-corrected chi connectivity index (χ4v) is 3.38. The number of para-hydroxylation sites is 2. The van der Waals surface area contributed by atoms with Gasteiger partial charge in [0.25, 0.3) is 5.91 Å². The van der Waals surface area contributed by atoms with E-state index in [1.165, 1.54) is 11.8 Å². The van der Waals surface area contributed by atoms with E-state index in [9.17, 15) is 4.79 Å². The van der Waals surface area contributed by atoms with Crippen molar-refractivity contribution in [2.45, 2.75) is 0 Å². The van der Waals surface area contributed by atoms with Gasteiger partial charge >= 0.3 is 0 Å². The number of carbonyl (C=O) groups excluding carboxylic acids is 1. The number of rotatable bonds is 6. The van der Waals surface area contributed by atoms with E-state index < -0.39 is 0 Å². The number of halogens is 1. The van der Waals surface area contributed by atoms with E-state index in [1.807, 2.05) is 36.4 Å². The molecule has 1 saturated heterocycles. The first-order chi connectivity index (χ1) is 12.1. The Balaban J connectivity index is 1.62. The van der Waals surface area contributed by atoms with E-state index in [0.29, 0.717) is 39.0 Å². The highest BCUT2D eigenvalue weighted by Crippen LogP contribution is 2.29. The Kier molecular flexibility index (Phi) is 5.96. The zero-order chi connectivity index (χ0) is 17.6. The van der Waals surface area contributed by atoms with Gasteiger partial charge in [0.1, 0.15) is 29.0 Å². The second-order valence-electron chi connectivity index (χ2n) is 5.02. The molecule has 2 aromatic rings. The Morgan fingerprint density at radius 2 is 1.68 bits per heavy atom. The highest BCUT2D eigenvalue weighted by atomic mass is 35.5. The maximum absolute atomic E-state index is 11.8. The maximum Gasteiger partial charge on any atom is 0.263 e. The minimum absolute atomic E-state index is 0.188. The molecule has 2 aromatic carbocycles. The zero-order valence-electron chi connectivity index (χ0n) is 13.0. The molecule has 25 heavy (non-hydrogen) atoms. The van der Waals surface area contributed by atoms with Crippen LogP contribution in [0.3, 0.4) is 0 Å². The molecule has 7 heteroatoms. The van der Waals surface area contributed by atoms with E-state index in [1.54, 1.807) is 18.2 Å². The average Bonchev–Trinajstić information content (AvgIpc) is 2.92. The molecule has 1 aliphatic rings. The summed E-state index contributed by atoms with van der Waals surface area (Å²) >= 11 is 12.3. The molecule has 0 bridgehead atoms.